The van der Waals surface area contributed by atoms with Gasteiger partial charge in [0.15, 0.2) is 6.10 Å². The summed E-state index contributed by atoms with van der Waals surface area (Å²) in [5.41, 5.74) is -1.79. The van der Waals surface area contributed by atoms with Crippen LogP contribution < -0.4 is 0 Å². The highest BCUT2D eigenvalue weighted by molar-refractivity contribution is 5.99. The van der Waals surface area contributed by atoms with Gasteiger partial charge in [0.05, 0.1) is 31.5 Å². The van der Waals surface area contributed by atoms with E-state index in [1.54, 1.807) is 24.5 Å². The van der Waals surface area contributed by atoms with Crippen LogP contribution in [0.4, 0.5) is 0 Å². The number of esters is 3. The van der Waals surface area contributed by atoms with Gasteiger partial charge in [0.25, 0.3) is 0 Å². The number of furan rings is 1. The van der Waals surface area contributed by atoms with E-state index in [9.17, 15) is 14.4 Å². The van der Waals surface area contributed by atoms with Gasteiger partial charge in [-0.05, 0) is 49.7 Å². The quantitative estimate of drug-likeness (QED) is 0.565. The van der Waals surface area contributed by atoms with E-state index in [-0.39, 0.29) is 11.9 Å². The van der Waals surface area contributed by atoms with E-state index < -0.39 is 34.8 Å². The van der Waals surface area contributed by atoms with Gasteiger partial charge < -0.3 is 18.6 Å². The van der Waals surface area contributed by atoms with Crippen LogP contribution in [-0.4, -0.2) is 32.1 Å². The van der Waals surface area contributed by atoms with Crippen molar-refractivity contribution in [2.24, 2.45) is 22.7 Å². The molecule has 0 aromatic carbocycles. The van der Waals surface area contributed by atoms with Crippen LogP contribution in [0.2, 0.25) is 0 Å². The number of cyclic esters (lactones) is 1. The molecule has 3 aliphatic rings. The summed E-state index contributed by atoms with van der Waals surface area (Å²) in [4.78, 5) is 39.2. The van der Waals surface area contributed by atoms with Crippen LogP contribution in [0, 0.1) is 22.7 Å². The maximum absolute atomic E-state index is 13.4. The van der Waals surface area contributed by atoms with E-state index >= 15 is 0 Å². The average Bonchev–Trinajstić information content (AvgIpc) is 3.38. The van der Waals surface area contributed by atoms with Crippen LogP contribution >= 0.6 is 0 Å². The Hall–Kier alpha value is -2.57. The first-order valence-corrected chi connectivity index (χ1v) is 10.0. The lowest BCUT2D eigenvalue weighted by molar-refractivity contribution is -0.177. The molecule has 1 aliphatic heterocycles. The molecule has 29 heavy (non-hydrogen) atoms. The third kappa shape index (κ3) is 2.59. The largest absolute Gasteiger partial charge is 0.468 e. The van der Waals surface area contributed by atoms with Crippen molar-refractivity contribution in [3.8, 4) is 0 Å². The maximum Gasteiger partial charge on any atom is 0.334 e. The molecule has 1 aromatic rings. The number of carbonyl (C=O) groups excluding carboxylic acids is 3. The van der Waals surface area contributed by atoms with Gasteiger partial charge in [-0.3, -0.25) is 9.59 Å². The van der Waals surface area contributed by atoms with Crippen molar-refractivity contribution in [3.05, 3.63) is 35.8 Å². The minimum Gasteiger partial charge on any atom is -0.468 e. The Bertz CT molecular complexity index is 855. The van der Waals surface area contributed by atoms with E-state index in [0.717, 1.165) is 0 Å². The summed E-state index contributed by atoms with van der Waals surface area (Å²) in [6.07, 6.45) is 5.45. The number of ether oxygens (including phenoxy) is 3. The third-order valence-electron chi connectivity index (χ3n) is 7.32. The number of carbonyl (C=O) groups is 3. The third-order valence-corrected chi connectivity index (χ3v) is 7.32. The SMILES string of the molecule is COC(=O)C1=CCCC2C1(C(=O)OC)CCC(C)C21CC(c2ccco2)OC1=O. The molecule has 2 fully saturated rings. The van der Waals surface area contributed by atoms with Gasteiger partial charge >= 0.3 is 17.9 Å². The van der Waals surface area contributed by atoms with E-state index in [1.165, 1.54) is 14.2 Å². The standard InChI is InChI=1S/C22H26O7/c1-13-9-10-21(19(24)27-3)14(18(23)26-2)6-4-8-17(21)22(13)12-16(29-20(22)25)15-7-5-11-28-15/h5-7,11,13,16-17H,4,8-10,12H2,1-3H3. The molecule has 156 valence electrons. The fraction of sp³-hybridized carbons (Fsp3) is 0.591. The smallest absolute Gasteiger partial charge is 0.334 e. The lowest BCUT2D eigenvalue weighted by Gasteiger charge is -2.54. The molecule has 5 atom stereocenters. The molecule has 1 saturated heterocycles. The van der Waals surface area contributed by atoms with Gasteiger partial charge in [-0.1, -0.05) is 13.0 Å². The number of rotatable bonds is 3. The van der Waals surface area contributed by atoms with Crippen molar-refractivity contribution in [3.63, 3.8) is 0 Å². The molecule has 0 radical (unpaired) electrons. The van der Waals surface area contributed by atoms with Crippen molar-refractivity contribution < 1.29 is 33.0 Å². The van der Waals surface area contributed by atoms with Crippen LogP contribution in [0.1, 0.15) is 50.9 Å². The van der Waals surface area contributed by atoms with Gasteiger partial charge in [0.1, 0.15) is 11.2 Å². The normalized spacial score (nSPS) is 36.2. The Morgan fingerprint density at radius 1 is 1.21 bits per heavy atom. The Labute approximate surface area is 169 Å². The molecule has 7 heteroatoms. The number of fused-ring (bicyclic) bond motifs is 2. The number of allylic oxidation sites excluding steroid dienone is 1. The minimum absolute atomic E-state index is 0.00487. The summed E-state index contributed by atoms with van der Waals surface area (Å²) in [6, 6.07) is 3.55. The Balaban J connectivity index is 1.84. The van der Waals surface area contributed by atoms with E-state index in [1.807, 2.05) is 6.92 Å². The summed E-state index contributed by atoms with van der Waals surface area (Å²) in [6.45, 7) is 2.03. The molecule has 1 saturated carbocycles. The lowest BCUT2D eigenvalue weighted by atomic mass is 9.45. The molecular weight excluding hydrogens is 376 g/mol. The topological polar surface area (TPSA) is 92.0 Å². The second-order valence-electron chi connectivity index (χ2n) is 8.30. The van der Waals surface area contributed by atoms with Crippen molar-refractivity contribution in [1.82, 2.24) is 0 Å². The first kappa shape index (κ1) is 19.7. The zero-order valence-corrected chi connectivity index (χ0v) is 16.9. The molecule has 0 bridgehead atoms. The summed E-state index contributed by atoms with van der Waals surface area (Å²) >= 11 is 0. The van der Waals surface area contributed by atoms with Crippen LogP contribution in [0.25, 0.3) is 0 Å². The summed E-state index contributed by atoms with van der Waals surface area (Å²) < 4.78 is 21.5. The van der Waals surface area contributed by atoms with Crippen LogP contribution in [0.3, 0.4) is 0 Å². The fourth-order valence-corrected chi connectivity index (χ4v) is 5.96. The predicted molar refractivity (Wildman–Crippen MR) is 100 cm³/mol. The minimum atomic E-state index is -1.20. The average molecular weight is 402 g/mol. The molecular formula is C22H26O7. The first-order valence-electron chi connectivity index (χ1n) is 10.0. The van der Waals surface area contributed by atoms with E-state index in [2.05, 4.69) is 0 Å². The highest BCUT2D eigenvalue weighted by Crippen LogP contribution is 2.66. The van der Waals surface area contributed by atoms with Crippen LogP contribution in [0.5, 0.6) is 0 Å². The van der Waals surface area contributed by atoms with Crippen LogP contribution in [0.15, 0.2) is 34.5 Å². The van der Waals surface area contributed by atoms with Crippen LogP contribution in [-0.2, 0) is 28.6 Å². The van der Waals surface area contributed by atoms with Crippen molar-refractivity contribution >= 4 is 17.9 Å². The van der Waals surface area contributed by atoms with Gasteiger partial charge in [-0.2, -0.15) is 0 Å². The number of hydrogen-bond acceptors (Lipinski definition) is 7. The summed E-state index contributed by atoms with van der Waals surface area (Å²) in [7, 11) is 2.62. The molecule has 1 spiro atoms. The lowest BCUT2D eigenvalue weighted by Crippen LogP contribution is -2.59. The number of hydrogen-bond donors (Lipinski definition) is 0. The zero-order chi connectivity index (χ0) is 20.8. The first-order chi connectivity index (χ1) is 13.9. The Morgan fingerprint density at radius 3 is 2.66 bits per heavy atom. The molecule has 4 rings (SSSR count). The molecule has 5 unspecified atom stereocenters. The van der Waals surface area contributed by atoms with Gasteiger partial charge in [-0.15, -0.1) is 0 Å². The Morgan fingerprint density at radius 2 is 2.00 bits per heavy atom. The molecule has 0 amide bonds. The second-order valence-corrected chi connectivity index (χ2v) is 8.30. The van der Waals surface area contributed by atoms with Crippen molar-refractivity contribution in [1.29, 1.82) is 0 Å². The highest BCUT2D eigenvalue weighted by atomic mass is 16.6. The van der Waals surface area contributed by atoms with Gasteiger partial charge in [0, 0.05) is 6.42 Å². The predicted octanol–water partition coefficient (Wildman–Crippen LogP) is 3.35. The zero-order valence-electron chi connectivity index (χ0n) is 16.9. The molecule has 7 nitrogen and oxygen atoms in total. The molecule has 2 aliphatic carbocycles. The second kappa shape index (κ2) is 7.04. The number of methoxy groups -OCH3 is 2. The van der Waals surface area contributed by atoms with Crippen molar-refractivity contribution in [2.75, 3.05) is 14.2 Å². The summed E-state index contributed by atoms with van der Waals surface area (Å²) in [5.74, 6) is -1.17. The summed E-state index contributed by atoms with van der Waals surface area (Å²) in [5, 5.41) is 0. The molecule has 2 heterocycles. The van der Waals surface area contributed by atoms with E-state index in [4.69, 9.17) is 18.6 Å². The maximum atomic E-state index is 13.4. The Kier molecular flexibility index (Phi) is 4.79. The van der Waals surface area contributed by atoms with Gasteiger partial charge in [-0.25, -0.2) is 4.79 Å². The van der Waals surface area contributed by atoms with E-state index in [0.29, 0.717) is 43.4 Å². The highest BCUT2D eigenvalue weighted by Gasteiger charge is 2.69. The van der Waals surface area contributed by atoms with Crippen molar-refractivity contribution in [2.45, 2.75) is 45.1 Å². The molecule has 0 N–H and O–H groups in total. The monoisotopic (exact) mass is 402 g/mol. The molecule has 1 aromatic heterocycles. The van der Waals surface area contributed by atoms with Gasteiger partial charge in [0.2, 0.25) is 0 Å². The fourth-order valence-electron chi connectivity index (χ4n) is 5.96.